The van der Waals surface area contributed by atoms with Crippen molar-refractivity contribution in [3.8, 4) is 0 Å². The van der Waals surface area contributed by atoms with E-state index in [4.69, 9.17) is 10.5 Å². The van der Waals surface area contributed by atoms with Gasteiger partial charge in [-0.15, -0.1) is 0 Å². The van der Waals surface area contributed by atoms with Crippen molar-refractivity contribution < 1.29 is 14.3 Å². The first-order valence-corrected chi connectivity index (χ1v) is 8.23. The number of hydrogen-bond acceptors (Lipinski definition) is 5. The fourth-order valence-electron chi connectivity index (χ4n) is 2.57. The molecule has 2 aromatic carbocycles. The van der Waals surface area contributed by atoms with Crippen molar-refractivity contribution in [1.29, 1.82) is 0 Å². The second-order valence-corrected chi connectivity index (χ2v) is 5.86. The smallest absolute Gasteiger partial charge is 0.341 e. The molecule has 0 bridgehead atoms. The molecule has 3 rings (SSSR count). The molecule has 26 heavy (non-hydrogen) atoms. The van der Waals surface area contributed by atoms with Gasteiger partial charge >= 0.3 is 5.97 Å². The van der Waals surface area contributed by atoms with Gasteiger partial charge in [0.05, 0.1) is 17.8 Å². The summed E-state index contributed by atoms with van der Waals surface area (Å²) in [6.07, 6.45) is 1.40. The van der Waals surface area contributed by atoms with Crippen molar-refractivity contribution in [2.75, 3.05) is 17.7 Å². The molecular weight excluding hydrogens is 330 g/mol. The monoisotopic (exact) mass is 349 g/mol. The van der Waals surface area contributed by atoms with Crippen LogP contribution in [0, 0.1) is 6.92 Å². The molecule has 0 unspecified atom stereocenters. The normalized spacial score (nSPS) is 10.5. The molecule has 1 aromatic heterocycles. The van der Waals surface area contributed by atoms with E-state index in [1.54, 1.807) is 37.3 Å². The molecule has 1 amide bonds. The third-order valence-corrected chi connectivity index (χ3v) is 3.98. The van der Waals surface area contributed by atoms with Gasteiger partial charge in [0.25, 0.3) is 5.91 Å². The summed E-state index contributed by atoms with van der Waals surface area (Å²) in [5.41, 5.74) is 9.45. The van der Waals surface area contributed by atoms with E-state index < -0.39 is 5.97 Å². The van der Waals surface area contributed by atoms with E-state index in [1.807, 2.05) is 19.1 Å². The van der Waals surface area contributed by atoms with Crippen LogP contribution in [0.25, 0.3) is 10.9 Å². The number of fused-ring (bicyclic) bond motifs is 1. The van der Waals surface area contributed by atoms with Gasteiger partial charge in [0.2, 0.25) is 0 Å². The van der Waals surface area contributed by atoms with Crippen LogP contribution < -0.4 is 11.1 Å². The molecule has 0 radical (unpaired) electrons. The van der Waals surface area contributed by atoms with Crippen LogP contribution >= 0.6 is 0 Å². The summed E-state index contributed by atoms with van der Waals surface area (Å²) < 4.78 is 4.99. The van der Waals surface area contributed by atoms with Crippen LogP contribution in [0.15, 0.2) is 48.7 Å². The first-order valence-electron chi connectivity index (χ1n) is 8.23. The lowest BCUT2D eigenvalue weighted by molar-refractivity contribution is 0.0527. The van der Waals surface area contributed by atoms with Gasteiger partial charge in [-0.2, -0.15) is 0 Å². The van der Waals surface area contributed by atoms with Crippen molar-refractivity contribution in [2.45, 2.75) is 13.8 Å². The number of hydrogen-bond donors (Lipinski definition) is 2. The van der Waals surface area contributed by atoms with Gasteiger partial charge in [-0.3, -0.25) is 9.78 Å². The van der Waals surface area contributed by atoms with E-state index >= 15 is 0 Å². The molecule has 0 saturated carbocycles. The van der Waals surface area contributed by atoms with E-state index in [1.165, 1.54) is 6.20 Å². The molecule has 0 atom stereocenters. The van der Waals surface area contributed by atoms with Crippen LogP contribution in [0.3, 0.4) is 0 Å². The molecule has 3 aromatic rings. The molecule has 6 nitrogen and oxygen atoms in total. The maximum atomic E-state index is 12.4. The average molecular weight is 349 g/mol. The maximum Gasteiger partial charge on any atom is 0.341 e. The topological polar surface area (TPSA) is 94.3 Å². The second-order valence-electron chi connectivity index (χ2n) is 5.86. The number of nitrogen functional groups attached to an aromatic ring is 1. The van der Waals surface area contributed by atoms with Crippen molar-refractivity contribution in [2.24, 2.45) is 0 Å². The molecule has 1 heterocycles. The minimum Gasteiger partial charge on any atom is -0.462 e. The highest BCUT2D eigenvalue weighted by Crippen LogP contribution is 2.26. The third-order valence-electron chi connectivity index (χ3n) is 3.98. The van der Waals surface area contributed by atoms with Gasteiger partial charge in [-0.25, -0.2) is 4.79 Å². The van der Waals surface area contributed by atoms with Crippen LogP contribution in [0.5, 0.6) is 0 Å². The zero-order valence-corrected chi connectivity index (χ0v) is 14.6. The fraction of sp³-hybridized carbons (Fsp3) is 0.150. The molecule has 0 fully saturated rings. The Labute approximate surface area is 151 Å². The molecular formula is C20H19N3O3. The largest absolute Gasteiger partial charge is 0.462 e. The number of aromatic nitrogens is 1. The van der Waals surface area contributed by atoms with Crippen LogP contribution in [0.1, 0.15) is 33.2 Å². The Kier molecular flexibility index (Phi) is 4.84. The highest BCUT2D eigenvalue weighted by molar-refractivity contribution is 6.08. The molecule has 132 valence electrons. The lowest BCUT2D eigenvalue weighted by atomic mass is 10.1. The van der Waals surface area contributed by atoms with Gasteiger partial charge in [0.15, 0.2) is 0 Å². The quantitative estimate of drug-likeness (QED) is 0.702. The summed E-state index contributed by atoms with van der Waals surface area (Å²) in [5, 5.41) is 3.41. The first-order chi connectivity index (χ1) is 12.5. The Morgan fingerprint density at radius 3 is 2.58 bits per heavy atom. The number of ether oxygens (including phenoxy) is 1. The molecule has 0 aliphatic carbocycles. The summed E-state index contributed by atoms with van der Waals surface area (Å²) in [5.74, 6) is -0.745. The number of anilines is 2. The Morgan fingerprint density at radius 1 is 1.15 bits per heavy atom. The van der Waals surface area contributed by atoms with Gasteiger partial charge < -0.3 is 15.8 Å². The van der Waals surface area contributed by atoms with Crippen molar-refractivity contribution in [3.05, 3.63) is 65.4 Å². The Morgan fingerprint density at radius 2 is 1.88 bits per heavy atom. The molecule has 0 aliphatic heterocycles. The second kappa shape index (κ2) is 7.23. The molecule has 3 N–H and O–H groups in total. The van der Waals surface area contributed by atoms with Crippen LogP contribution in [-0.4, -0.2) is 23.5 Å². The molecule has 6 heteroatoms. The zero-order chi connectivity index (χ0) is 18.7. The average Bonchev–Trinajstić information content (AvgIpc) is 2.63. The van der Waals surface area contributed by atoms with E-state index in [0.717, 1.165) is 5.56 Å². The Balaban J connectivity index is 1.92. The molecule has 0 aliphatic rings. The van der Waals surface area contributed by atoms with E-state index in [-0.39, 0.29) is 23.8 Å². The Bertz CT molecular complexity index is 982. The van der Waals surface area contributed by atoms with Crippen molar-refractivity contribution in [1.82, 2.24) is 4.98 Å². The van der Waals surface area contributed by atoms with Gasteiger partial charge in [0.1, 0.15) is 5.56 Å². The fourth-order valence-corrected chi connectivity index (χ4v) is 2.57. The summed E-state index contributed by atoms with van der Waals surface area (Å²) in [6.45, 7) is 3.94. The maximum absolute atomic E-state index is 12.4. The van der Waals surface area contributed by atoms with Gasteiger partial charge in [-0.05, 0) is 44.2 Å². The summed E-state index contributed by atoms with van der Waals surface area (Å²) >= 11 is 0. The number of carbonyl (C=O) groups is 2. The van der Waals surface area contributed by atoms with Crippen molar-refractivity contribution >= 4 is 34.2 Å². The lowest BCUT2D eigenvalue weighted by Gasteiger charge is -2.10. The van der Waals surface area contributed by atoms with Gasteiger partial charge in [0, 0.05) is 22.8 Å². The van der Waals surface area contributed by atoms with E-state index in [2.05, 4.69) is 10.3 Å². The minimum atomic E-state index is -0.520. The van der Waals surface area contributed by atoms with E-state index in [0.29, 0.717) is 22.2 Å². The third kappa shape index (κ3) is 3.49. The van der Waals surface area contributed by atoms with Crippen LogP contribution in [0.2, 0.25) is 0 Å². The highest BCUT2D eigenvalue weighted by atomic mass is 16.5. The van der Waals surface area contributed by atoms with Gasteiger partial charge in [-0.1, -0.05) is 17.7 Å². The number of amides is 1. The SMILES string of the molecule is CCOC(=O)c1cnc2ccc(NC(=O)c3ccc(C)cc3)cc2c1N. The molecule has 0 saturated heterocycles. The van der Waals surface area contributed by atoms with Crippen LogP contribution in [0.4, 0.5) is 11.4 Å². The standard InChI is InChI=1S/C20H19N3O3/c1-3-26-20(25)16-11-22-17-9-8-14(10-15(17)18(16)21)23-19(24)13-6-4-12(2)5-7-13/h4-11H,3H2,1-2H3,(H2,21,22)(H,23,24). The van der Waals surface area contributed by atoms with Crippen LogP contribution in [-0.2, 0) is 4.74 Å². The van der Waals surface area contributed by atoms with Crippen molar-refractivity contribution in [3.63, 3.8) is 0 Å². The highest BCUT2D eigenvalue weighted by Gasteiger charge is 2.15. The number of benzene rings is 2. The first kappa shape index (κ1) is 17.4. The lowest BCUT2D eigenvalue weighted by Crippen LogP contribution is -2.12. The van der Waals surface area contributed by atoms with E-state index in [9.17, 15) is 9.59 Å². The number of aryl methyl sites for hydroxylation is 1. The number of carbonyl (C=O) groups excluding carboxylic acids is 2. The molecule has 0 spiro atoms. The number of esters is 1. The summed E-state index contributed by atoms with van der Waals surface area (Å²) in [6, 6.07) is 12.5. The predicted molar refractivity (Wildman–Crippen MR) is 101 cm³/mol. The number of nitrogens with two attached hydrogens (primary N) is 1. The number of nitrogens with one attached hydrogen (secondary N) is 1. The summed E-state index contributed by atoms with van der Waals surface area (Å²) in [7, 11) is 0. The number of nitrogens with zero attached hydrogens (tertiary/aromatic N) is 1. The number of rotatable bonds is 4. The zero-order valence-electron chi connectivity index (χ0n) is 14.6. The Hall–Kier alpha value is -3.41. The summed E-state index contributed by atoms with van der Waals surface area (Å²) in [4.78, 5) is 28.6. The number of pyridine rings is 1. The minimum absolute atomic E-state index is 0.210. The predicted octanol–water partition coefficient (Wildman–Crippen LogP) is 3.55.